The van der Waals surface area contributed by atoms with Gasteiger partial charge in [-0.1, -0.05) is 50.3 Å². The van der Waals surface area contributed by atoms with Crippen LogP contribution in [-0.4, -0.2) is 52.0 Å². The minimum Gasteiger partial charge on any atom is -0.447 e. The summed E-state index contributed by atoms with van der Waals surface area (Å²) in [6, 6.07) is 9.17. The third-order valence-electron chi connectivity index (χ3n) is 5.23. The average Bonchev–Trinajstić information content (AvgIpc) is 3.04. The van der Waals surface area contributed by atoms with Crippen molar-refractivity contribution in [3.63, 3.8) is 0 Å². The topological polar surface area (TPSA) is 87.1 Å². The lowest BCUT2D eigenvalue weighted by molar-refractivity contribution is -0.138. The van der Waals surface area contributed by atoms with Gasteiger partial charge in [0.15, 0.2) is 0 Å². The van der Waals surface area contributed by atoms with Gasteiger partial charge in [-0.2, -0.15) is 0 Å². The van der Waals surface area contributed by atoms with E-state index in [1.165, 1.54) is 0 Å². The van der Waals surface area contributed by atoms with Crippen molar-refractivity contribution in [2.45, 2.75) is 51.4 Å². The van der Waals surface area contributed by atoms with Crippen molar-refractivity contribution < 1.29 is 24.5 Å². The fourth-order valence-electron chi connectivity index (χ4n) is 3.37. The number of carbonyl (C=O) groups is 2. The third kappa shape index (κ3) is 5.17. The molecule has 6 heteroatoms. The molecular weight excluding hydrogens is 346 g/mol. The number of aliphatic hydroxyl groups is 2. The van der Waals surface area contributed by atoms with Gasteiger partial charge >= 0.3 is 6.09 Å². The van der Waals surface area contributed by atoms with Gasteiger partial charge in [0.2, 0.25) is 5.91 Å². The van der Waals surface area contributed by atoms with Crippen LogP contribution in [0.5, 0.6) is 0 Å². The summed E-state index contributed by atoms with van der Waals surface area (Å²) in [5.74, 6) is -1.81. The number of hydrogen-bond donors (Lipinski definition) is 2. The lowest BCUT2D eigenvalue weighted by Gasteiger charge is -2.30. The van der Waals surface area contributed by atoms with E-state index in [9.17, 15) is 19.8 Å². The first-order valence-corrected chi connectivity index (χ1v) is 9.37. The highest BCUT2D eigenvalue weighted by Gasteiger charge is 2.42. The number of nitrogens with zero attached hydrogens (tertiary/aromatic N) is 1. The molecule has 1 saturated heterocycles. The summed E-state index contributed by atoms with van der Waals surface area (Å²) >= 11 is 0. The molecule has 1 aliphatic heterocycles. The van der Waals surface area contributed by atoms with E-state index in [0.29, 0.717) is 19.3 Å². The number of allylic oxidation sites excluding steroid dienone is 1. The second kappa shape index (κ2) is 9.67. The maximum absolute atomic E-state index is 12.9. The quantitative estimate of drug-likeness (QED) is 0.648. The molecule has 6 nitrogen and oxygen atoms in total. The molecule has 0 radical (unpaired) electrons. The van der Waals surface area contributed by atoms with Gasteiger partial charge in [0, 0.05) is 5.92 Å². The van der Waals surface area contributed by atoms with Crippen molar-refractivity contribution in [2.24, 2.45) is 11.8 Å². The van der Waals surface area contributed by atoms with E-state index in [2.05, 4.69) is 6.58 Å². The number of imide groups is 1. The lowest BCUT2D eigenvalue weighted by atomic mass is 9.86. The molecule has 2 N–H and O–H groups in total. The number of ether oxygens (including phenoxy) is 1. The number of aliphatic hydroxyl groups excluding tert-OH is 2. The molecule has 0 aromatic heterocycles. The molecule has 0 bridgehead atoms. The fourth-order valence-corrected chi connectivity index (χ4v) is 3.37. The number of cyclic esters (lactones) is 1. The van der Waals surface area contributed by atoms with Crippen molar-refractivity contribution in [3.8, 4) is 0 Å². The standard InChI is InChI=1S/C21H29NO5/c1-4-5-11-18(23)14(2)19(24)15(3)20(25)22-17(13-27-21(22)26)12-16-9-7-6-8-10-16/h4,6-10,14-15,17-19,23-24H,1,5,11-13H2,2-3H3/t14-,15+,17+,18+,19-/m1/s1. The highest BCUT2D eigenvalue weighted by Crippen LogP contribution is 2.25. The summed E-state index contributed by atoms with van der Waals surface area (Å²) in [7, 11) is 0. The zero-order valence-electron chi connectivity index (χ0n) is 16.0. The summed E-state index contributed by atoms with van der Waals surface area (Å²) in [4.78, 5) is 26.2. The second-order valence-electron chi connectivity index (χ2n) is 7.20. The van der Waals surface area contributed by atoms with Crippen LogP contribution in [0.3, 0.4) is 0 Å². The molecule has 1 aliphatic rings. The highest BCUT2D eigenvalue weighted by molar-refractivity contribution is 5.95. The van der Waals surface area contributed by atoms with Crippen LogP contribution in [0.1, 0.15) is 32.3 Å². The molecule has 2 rings (SSSR count). The van der Waals surface area contributed by atoms with Crippen LogP contribution >= 0.6 is 0 Å². The SMILES string of the molecule is C=CCC[C@H](O)[C@@H](C)[C@@H](O)[C@H](C)C(=O)N1C(=O)OC[C@@H]1Cc1ccccc1. The predicted octanol–water partition coefficient (Wildman–Crippen LogP) is 2.54. The first-order chi connectivity index (χ1) is 12.9. The Labute approximate surface area is 160 Å². The Bertz CT molecular complexity index is 647. The molecular formula is C21H29NO5. The second-order valence-corrected chi connectivity index (χ2v) is 7.20. The minimum absolute atomic E-state index is 0.139. The van der Waals surface area contributed by atoms with E-state index < -0.39 is 42.1 Å². The Hall–Kier alpha value is -2.18. The fraction of sp³-hybridized carbons (Fsp3) is 0.524. The van der Waals surface area contributed by atoms with E-state index in [-0.39, 0.29) is 6.61 Å². The molecule has 5 atom stereocenters. The Morgan fingerprint density at radius 2 is 2.00 bits per heavy atom. The van der Waals surface area contributed by atoms with E-state index in [1.807, 2.05) is 30.3 Å². The summed E-state index contributed by atoms with van der Waals surface area (Å²) < 4.78 is 5.09. The number of rotatable bonds is 9. The van der Waals surface area contributed by atoms with Gasteiger partial charge in [-0.3, -0.25) is 4.79 Å². The maximum atomic E-state index is 12.9. The van der Waals surface area contributed by atoms with Crippen LogP contribution in [0.15, 0.2) is 43.0 Å². The van der Waals surface area contributed by atoms with Gasteiger partial charge in [0.25, 0.3) is 0 Å². The van der Waals surface area contributed by atoms with E-state index in [1.54, 1.807) is 19.9 Å². The maximum Gasteiger partial charge on any atom is 0.416 e. The van der Waals surface area contributed by atoms with E-state index >= 15 is 0 Å². The first kappa shape index (κ1) is 21.1. The molecule has 0 spiro atoms. The Morgan fingerprint density at radius 3 is 2.63 bits per heavy atom. The Balaban J connectivity index is 2.06. The summed E-state index contributed by atoms with van der Waals surface area (Å²) in [6.45, 7) is 7.04. The summed E-state index contributed by atoms with van der Waals surface area (Å²) in [6.07, 6.45) is 0.787. The van der Waals surface area contributed by atoms with E-state index in [4.69, 9.17) is 4.74 Å². The molecule has 0 saturated carbocycles. The molecule has 1 heterocycles. The zero-order valence-corrected chi connectivity index (χ0v) is 16.0. The number of carbonyl (C=O) groups excluding carboxylic acids is 2. The minimum atomic E-state index is -1.07. The van der Waals surface area contributed by atoms with Crippen LogP contribution in [0.25, 0.3) is 0 Å². The average molecular weight is 375 g/mol. The molecule has 0 aliphatic carbocycles. The van der Waals surface area contributed by atoms with Crippen LogP contribution in [0, 0.1) is 11.8 Å². The highest BCUT2D eigenvalue weighted by atomic mass is 16.6. The van der Waals surface area contributed by atoms with Crippen molar-refractivity contribution in [2.75, 3.05) is 6.61 Å². The third-order valence-corrected chi connectivity index (χ3v) is 5.23. The molecule has 1 fully saturated rings. The van der Waals surface area contributed by atoms with Crippen molar-refractivity contribution in [1.82, 2.24) is 4.90 Å². The predicted molar refractivity (Wildman–Crippen MR) is 102 cm³/mol. The van der Waals surface area contributed by atoms with Crippen molar-refractivity contribution >= 4 is 12.0 Å². The van der Waals surface area contributed by atoms with Gasteiger partial charge in [-0.05, 0) is 24.8 Å². The smallest absolute Gasteiger partial charge is 0.416 e. The van der Waals surface area contributed by atoms with Crippen molar-refractivity contribution in [3.05, 3.63) is 48.6 Å². The monoisotopic (exact) mass is 375 g/mol. The Morgan fingerprint density at radius 1 is 1.33 bits per heavy atom. The zero-order chi connectivity index (χ0) is 20.0. The van der Waals surface area contributed by atoms with Crippen LogP contribution < -0.4 is 0 Å². The molecule has 1 aromatic carbocycles. The molecule has 2 amide bonds. The van der Waals surface area contributed by atoms with Crippen LogP contribution in [-0.2, 0) is 16.0 Å². The van der Waals surface area contributed by atoms with Gasteiger partial charge in [0.1, 0.15) is 6.61 Å². The Kier molecular flexibility index (Phi) is 7.56. The summed E-state index contributed by atoms with van der Waals surface area (Å²) in [5, 5.41) is 20.8. The van der Waals surface area contributed by atoms with Crippen LogP contribution in [0.2, 0.25) is 0 Å². The molecule has 148 valence electrons. The molecule has 27 heavy (non-hydrogen) atoms. The molecule has 0 unspecified atom stereocenters. The molecule has 1 aromatic rings. The number of benzene rings is 1. The van der Waals surface area contributed by atoms with Crippen LogP contribution in [0.4, 0.5) is 4.79 Å². The number of amides is 2. The lowest BCUT2D eigenvalue weighted by Crippen LogP contribution is -2.48. The van der Waals surface area contributed by atoms with Gasteiger partial charge in [0.05, 0.1) is 24.2 Å². The van der Waals surface area contributed by atoms with Gasteiger partial charge in [-0.25, -0.2) is 9.69 Å². The van der Waals surface area contributed by atoms with E-state index in [0.717, 1.165) is 10.5 Å². The van der Waals surface area contributed by atoms with Gasteiger partial charge in [-0.15, -0.1) is 6.58 Å². The number of hydrogen-bond acceptors (Lipinski definition) is 5. The largest absolute Gasteiger partial charge is 0.447 e. The normalized spacial score (nSPS) is 21.3. The van der Waals surface area contributed by atoms with Gasteiger partial charge < -0.3 is 14.9 Å². The summed E-state index contributed by atoms with van der Waals surface area (Å²) in [5.41, 5.74) is 1.00. The first-order valence-electron chi connectivity index (χ1n) is 9.37. The van der Waals surface area contributed by atoms with Crippen molar-refractivity contribution in [1.29, 1.82) is 0 Å².